The van der Waals surface area contributed by atoms with Crippen LogP contribution in [0.25, 0.3) is 0 Å². The number of nitrogens with zero attached hydrogens (tertiary/aromatic N) is 1. The Morgan fingerprint density at radius 2 is 1.91 bits per heavy atom. The summed E-state index contributed by atoms with van der Waals surface area (Å²) in [5.41, 5.74) is -0.489. The molecule has 2 bridgehead atoms. The van der Waals surface area contributed by atoms with Crippen molar-refractivity contribution in [1.82, 2.24) is 10.2 Å². The first-order chi connectivity index (χ1) is 10.8. The van der Waals surface area contributed by atoms with Gasteiger partial charge >= 0.3 is 6.09 Å². The average Bonchev–Trinajstić information content (AvgIpc) is 3.07. The molecule has 2 aliphatic carbocycles. The first kappa shape index (κ1) is 16.6. The second-order valence-corrected chi connectivity index (χ2v) is 8.55. The van der Waals surface area contributed by atoms with Crippen molar-refractivity contribution in [3.8, 4) is 0 Å². The standard InChI is InChI=1S/C18H30N2O3/c1-18(2,3)23-17(22)19-14-5-4-8-20(11-14)16(21)15-10-12-6-7-13(15)9-12/h12-15H,4-11H2,1-3H3,(H,19,22)/t12-,13-,14+,15+/m0/s1. The van der Waals surface area contributed by atoms with Crippen LogP contribution in [0.4, 0.5) is 4.79 Å². The number of carbonyl (C=O) groups is 2. The molecule has 5 nitrogen and oxygen atoms in total. The van der Waals surface area contributed by atoms with Gasteiger partial charge in [0.15, 0.2) is 0 Å². The molecule has 0 aromatic carbocycles. The van der Waals surface area contributed by atoms with Gasteiger partial charge in [-0.05, 0) is 64.7 Å². The zero-order chi connectivity index (χ0) is 16.6. The first-order valence-corrected chi connectivity index (χ1v) is 9.10. The predicted octanol–water partition coefficient (Wildman–Crippen LogP) is 2.94. The number of carbonyl (C=O) groups excluding carboxylic acids is 2. The number of nitrogens with one attached hydrogen (secondary N) is 1. The summed E-state index contributed by atoms with van der Waals surface area (Å²) in [5, 5.41) is 2.93. The van der Waals surface area contributed by atoms with Crippen LogP contribution in [0.3, 0.4) is 0 Å². The number of hydrogen-bond donors (Lipinski definition) is 1. The lowest BCUT2D eigenvalue weighted by Gasteiger charge is -2.36. The zero-order valence-corrected chi connectivity index (χ0v) is 14.6. The number of likely N-dealkylation sites (tertiary alicyclic amines) is 1. The van der Waals surface area contributed by atoms with Crippen LogP contribution in [0.1, 0.15) is 59.3 Å². The number of ether oxygens (including phenoxy) is 1. The van der Waals surface area contributed by atoms with Crippen molar-refractivity contribution in [3.05, 3.63) is 0 Å². The molecule has 3 rings (SSSR count). The van der Waals surface area contributed by atoms with Crippen molar-refractivity contribution in [1.29, 1.82) is 0 Å². The third-order valence-corrected chi connectivity index (χ3v) is 5.51. The number of rotatable bonds is 2. The first-order valence-electron chi connectivity index (χ1n) is 9.10. The molecule has 5 heteroatoms. The molecule has 1 N–H and O–H groups in total. The Morgan fingerprint density at radius 3 is 2.52 bits per heavy atom. The minimum absolute atomic E-state index is 0.0149. The summed E-state index contributed by atoms with van der Waals surface area (Å²) < 4.78 is 5.32. The van der Waals surface area contributed by atoms with Crippen LogP contribution in [0.2, 0.25) is 0 Å². The highest BCUT2D eigenvalue weighted by Crippen LogP contribution is 2.49. The second kappa shape index (κ2) is 6.33. The van der Waals surface area contributed by atoms with Crippen molar-refractivity contribution >= 4 is 12.0 Å². The molecule has 3 fully saturated rings. The molecular weight excluding hydrogens is 292 g/mol. The summed E-state index contributed by atoms with van der Waals surface area (Å²) in [6.07, 6.45) is 6.38. The van der Waals surface area contributed by atoms with Crippen LogP contribution in [-0.4, -0.2) is 41.6 Å². The molecule has 130 valence electrons. The van der Waals surface area contributed by atoms with Gasteiger partial charge in [0.05, 0.1) is 0 Å². The van der Waals surface area contributed by atoms with Crippen molar-refractivity contribution < 1.29 is 14.3 Å². The summed E-state index contributed by atoms with van der Waals surface area (Å²) in [6, 6.07) is 0.0149. The Morgan fingerprint density at radius 1 is 1.13 bits per heavy atom. The van der Waals surface area contributed by atoms with Gasteiger partial charge in [-0.25, -0.2) is 4.79 Å². The van der Waals surface area contributed by atoms with Crippen molar-refractivity contribution in [2.45, 2.75) is 70.9 Å². The van der Waals surface area contributed by atoms with Crippen LogP contribution in [0.15, 0.2) is 0 Å². The van der Waals surface area contributed by atoms with Crippen LogP contribution in [0, 0.1) is 17.8 Å². The molecule has 0 unspecified atom stereocenters. The normalized spacial score (nSPS) is 33.6. The molecule has 1 aliphatic heterocycles. The van der Waals surface area contributed by atoms with E-state index in [1.165, 1.54) is 19.3 Å². The maximum Gasteiger partial charge on any atom is 0.407 e. The second-order valence-electron chi connectivity index (χ2n) is 8.55. The van der Waals surface area contributed by atoms with Crippen LogP contribution >= 0.6 is 0 Å². The maximum absolute atomic E-state index is 12.8. The molecule has 3 aliphatic rings. The molecule has 0 spiro atoms. The SMILES string of the molecule is CC(C)(C)OC(=O)N[C@@H]1CCCN(C(=O)[C@@H]2C[C@H]3CC[C@H]2C3)C1. The smallest absolute Gasteiger partial charge is 0.407 e. The van der Waals surface area contributed by atoms with Gasteiger partial charge in [-0.3, -0.25) is 4.79 Å². The number of amides is 2. The van der Waals surface area contributed by atoms with E-state index in [-0.39, 0.29) is 18.1 Å². The number of fused-ring (bicyclic) bond motifs is 2. The van der Waals surface area contributed by atoms with Gasteiger partial charge in [0.1, 0.15) is 5.60 Å². The van der Waals surface area contributed by atoms with E-state index >= 15 is 0 Å². The number of hydrogen-bond acceptors (Lipinski definition) is 3. The fraction of sp³-hybridized carbons (Fsp3) is 0.889. The summed E-state index contributed by atoms with van der Waals surface area (Å²) in [5.74, 6) is 1.98. The minimum atomic E-state index is -0.489. The molecule has 0 aromatic heterocycles. The number of piperidine rings is 1. The van der Waals surface area contributed by atoms with Crippen molar-refractivity contribution in [3.63, 3.8) is 0 Å². The summed E-state index contributed by atoms with van der Waals surface area (Å²) in [6.45, 7) is 7.04. The zero-order valence-electron chi connectivity index (χ0n) is 14.6. The summed E-state index contributed by atoms with van der Waals surface area (Å²) in [7, 11) is 0. The molecule has 2 saturated carbocycles. The maximum atomic E-state index is 12.8. The van der Waals surface area contributed by atoms with E-state index in [1.54, 1.807) is 0 Å². The Bertz CT molecular complexity index is 471. The lowest BCUT2D eigenvalue weighted by atomic mass is 9.87. The molecular formula is C18H30N2O3. The molecule has 0 radical (unpaired) electrons. The topological polar surface area (TPSA) is 58.6 Å². The molecule has 0 aromatic rings. The minimum Gasteiger partial charge on any atom is -0.444 e. The van der Waals surface area contributed by atoms with Gasteiger partial charge in [0.2, 0.25) is 5.91 Å². The van der Waals surface area contributed by atoms with E-state index in [0.29, 0.717) is 18.4 Å². The van der Waals surface area contributed by atoms with Crippen LogP contribution < -0.4 is 5.32 Å². The van der Waals surface area contributed by atoms with E-state index in [2.05, 4.69) is 5.32 Å². The van der Waals surface area contributed by atoms with Gasteiger partial charge in [0.25, 0.3) is 0 Å². The highest BCUT2D eigenvalue weighted by Gasteiger charge is 2.44. The van der Waals surface area contributed by atoms with Crippen LogP contribution in [0.5, 0.6) is 0 Å². The highest BCUT2D eigenvalue weighted by atomic mass is 16.6. The highest BCUT2D eigenvalue weighted by molar-refractivity contribution is 5.80. The average molecular weight is 322 g/mol. The van der Waals surface area contributed by atoms with E-state index in [9.17, 15) is 9.59 Å². The van der Waals surface area contributed by atoms with Crippen molar-refractivity contribution in [2.75, 3.05) is 13.1 Å². The third-order valence-electron chi connectivity index (χ3n) is 5.51. The molecule has 1 heterocycles. The Labute approximate surface area is 139 Å². The van der Waals surface area contributed by atoms with Gasteiger partial charge in [-0.15, -0.1) is 0 Å². The summed E-state index contributed by atoms with van der Waals surface area (Å²) >= 11 is 0. The molecule has 1 saturated heterocycles. The molecule has 4 atom stereocenters. The predicted molar refractivity (Wildman–Crippen MR) is 87.9 cm³/mol. The molecule has 2 amide bonds. The number of alkyl carbamates (subject to hydrolysis) is 1. The van der Waals surface area contributed by atoms with E-state index in [0.717, 1.165) is 31.7 Å². The van der Waals surface area contributed by atoms with Gasteiger partial charge < -0.3 is 15.0 Å². The fourth-order valence-corrected chi connectivity index (χ4v) is 4.55. The Balaban J connectivity index is 1.52. The van der Waals surface area contributed by atoms with Gasteiger partial charge in [-0.1, -0.05) is 6.42 Å². The van der Waals surface area contributed by atoms with E-state index < -0.39 is 5.60 Å². The van der Waals surface area contributed by atoms with Gasteiger partial charge in [0, 0.05) is 25.0 Å². The van der Waals surface area contributed by atoms with E-state index in [1.807, 2.05) is 25.7 Å². The Hall–Kier alpha value is -1.26. The summed E-state index contributed by atoms with van der Waals surface area (Å²) in [4.78, 5) is 26.7. The quantitative estimate of drug-likeness (QED) is 0.850. The van der Waals surface area contributed by atoms with E-state index in [4.69, 9.17) is 4.74 Å². The van der Waals surface area contributed by atoms with Gasteiger partial charge in [-0.2, -0.15) is 0 Å². The lowest BCUT2D eigenvalue weighted by molar-refractivity contribution is -0.138. The van der Waals surface area contributed by atoms with Crippen LogP contribution in [-0.2, 0) is 9.53 Å². The lowest BCUT2D eigenvalue weighted by Crippen LogP contribution is -2.52. The van der Waals surface area contributed by atoms with Crippen molar-refractivity contribution in [2.24, 2.45) is 17.8 Å². The fourth-order valence-electron chi connectivity index (χ4n) is 4.55. The third kappa shape index (κ3) is 3.99. The largest absolute Gasteiger partial charge is 0.444 e. The molecule has 23 heavy (non-hydrogen) atoms. The monoisotopic (exact) mass is 322 g/mol. The Kier molecular flexibility index (Phi) is 4.56.